The van der Waals surface area contributed by atoms with Gasteiger partial charge in [-0.3, -0.25) is 0 Å². The van der Waals surface area contributed by atoms with Gasteiger partial charge in [-0.15, -0.1) is 0 Å². The van der Waals surface area contributed by atoms with Gasteiger partial charge >= 0.3 is 0 Å². The molecule has 12 aromatic carbocycles. The second-order valence-electron chi connectivity index (χ2n) is 20.3. The van der Waals surface area contributed by atoms with Crippen molar-refractivity contribution in [3.8, 4) is 33.6 Å². The Morgan fingerprint density at radius 2 is 0.750 bits per heavy atom. The minimum atomic E-state index is -2.72. The van der Waals surface area contributed by atoms with Gasteiger partial charge in [0, 0.05) is 27.2 Å². The van der Waals surface area contributed by atoms with E-state index in [0.29, 0.717) is 0 Å². The van der Waals surface area contributed by atoms with Gasteiger partial charge in [0.1, 0.15) is 0 Å². The summed E-state index contributed by atoms with van der Waals surface area (Å²) >= 11 is 0. The van der Waals surface area contributed by atoms with Gasteiger partial charge < -0.3 is 9.13 Å². The van der Waals surface area contributed by atoms with E-state index in [4.69, 9.17) is 0 Å². The van der Waals surface area contributed by atoms with Crippen LogP contribution in [-0.4, -0.2) is 17.2 Å². The summed E-state index contributed by atoms with van der Waals surface area (Å²) in [7, 11) is -2.72. The van der Waals surface area contributed by atoms with Crippen LogP contribution < -0.4 is 20.7 Å². The fourth-order valence-electron chi connectivity index (χ4n) is 13.5. The highest BCUT2D eigenvalue weighted by molar-refractivity contribution is 7.19. The molecular weight excluding hydrogens is 933 g/mol. The normalized spacial score (nSPS) is 12.8. The van der Waals surface area contributed by atoms with Crippen molar-refractivity contribution < 1.29 is 0 Å². The maximum absolute atomic E-state index is 2.72. The fourth-order valence-corrected chi connectivity index (χ4v) is 18.3. The smallest absolute Gasteiger partial charge is 0.179 e. The largest absolute Gasteiger partial charge is 0.309 e. The van der Waals surface area contributed by atoms with Crippen LogP contribution >= 0.6 is 0 Å². The van der Waals surface area contributed by atoms with E-state index in [-0.39, 0.29) is 0 Å². The van der Waals surface area contributed by atoms with Gasteiger partial charge in [-0.05, 0) is 108 Å². The summed E-state index contributed by atoms with van der Waals surface area (Å²) < 4.78 is 5.01. The van der Waals surface area contributed by atoms with Crippen LogP contribution in [0.2, 0.25) is 0 Å². The Morgan fingerprint density at radius 1 is 0.289 bits per heavy atom. The van der Waals surface area contributed by atoms with E-state index in [1.807, 2.05) is 0 Å². The quantitative estimate of drug-likeness (QED) is 0.101. The summed E-state index contributed by atoms with van der Waals surface area (Å²) in [6, 6.07) is 113. The number of nitrogens with zero attached hydrogens (tertiary/aromatic N) is 2. The maximum Gasteiger partial charge on any atom is 0.179 e. The average Bonchev–Trinajstić information content (AvgIpc) is 4.19. The second kappa shape index (κ2) is 17.6. The Morgan fingerprint density at radius 3 is 1.38 bits per heavy atom. The molecule has 15 rings (SSSR count). The number of hydrogen-bond donors (Lipinski definition) is 0. The van der Waals surface area contributed by atoms with E-state index in [2.05, 4.69) is 312 Å². The van der Waals surface area contributed by atoms with Crippen LogP contribution in [0.5, 0.6) is 0 Å². The Balaban J connectivity index is 0.935. The molecule has 1 aliphatic carbocycles. The molecule has 356 valence electrons. The molecule has 0 radical (unpaired) electrons. The molecule has 0 N–H and O–H groups in total. The zero-order chi connectivity index (χ0) is 50.2. The molecule has 0 atom stereocenters. The van der Waals surface area contributed by atoms with Crippen LogP contribution in [0.1, 0.15) is 22.3 Å². The standard InChI is InChI=1S/C73H50N2Si/c1-6-24-52(25-7-1)73(53-26-8-2-9-27-53)64-38-19-16-35-62(64)71-59(37-22-39-65(71)73)51-44-49-61-60-34-17-20-40-66(60)75(70(61)50-51)69-43-23-42-68-72(69)63-36-18-21-41-67(63)74(68)54-45-47-58(48-46-54)76(55-28-10-3-11-29-55,56-30-12-4-13-31-56)57-32-14-5-15-33-57/h1-50H. The zero-order valence-corrected chi connectivity index (χ0v) is 42.8. The van der Waals surface area contributed by atoms with Gasteiger partial charge in [-0.2, -0.15) is 0 Å². The summed E-state index contributed by atoms with van der Waals surface area (Å²) in [5.41, 5.74) is 16.7. The summed E-state index contributed by atoms with van der Waals surface area (Å²) in [6.07, 6.45) is 0. The van der Waals surface area contributed by atoms with Crippen LogP contribution in [0.25, 0.3) is 77.2 Å². The van der Waals surface area contributed by atoms with Crippen molar-refractivity contribution in [2.45, 2.75) is 5.41 Å². The maximum atomic E-state index is 2.53. The number of hydrogen-bond acceptors (Lipinski definition) is 0. The molecule has 0 bridgehead atoms. The third-order valence-electron chi connectivity index (χ3n) is 16.6. The number of aromatic nitrogens is 2. The molecular formula is C73H50N2Si. The topological polar surface area (TPSA) is 9.86 Å². The lowest BCUT2D eigenvalue weighted by atomic mass is 9.67. The van der Waals surface area contributed by atoms with Crippen LogP contribution in [-0.2, 0) is 5.41 Å². The predicted molar refractivity (Wildman–Crippen MR) is 321 cm³/mol. The van der Waals surface area contributed by atoms with Crippen LogP contribution in [0, 0.1) is 0 Å². The van der Waals surface area contributed by atoms with E-state index in [0.717, 1.165) is 11.4 Å². The van der Waals surface area contributed by atoms with Gasteiger partial charge in [0.2, 0.25) is 0 Å². The number of para-hydroxylation sites is 2. The molecule has 0 saturated carbocycles. The first-order chi connectivity index (χ1) is 37.7. The van der Waals surface area contributed by atoms with Crippen LogP contribution in [0.4, 0.5) is 0 Å². The first-order valence-electron chi connectivity index (χ1n) is 26.4. The van der Waals surface area contributed by atoms with Crippen molar-refractivity contribution in [1.29, 1.82) is 0 Å². The Labute approximate surface area is 443 Å². The van der Waals surface area contributed by atoms with E-state index in [1.54, 1.807) is 0 Å². The van der Waals surface area contributed by atoms with Crippen molar-refractivity contribution >= 4 is 72.4 Å². The lowest BCUT2D eigenvalue weighted by molar-refractivity contribution is 0.768. The van der Waals surface area contributed by atoms with Crippen molar-refractivity contribution in [1.82, 2.24) is 9.13 Å². The summed E-state index contributed by atoms with van der Waals surface area (Å²) in [5.74, 6) is 0. The molecule has 2 nitrogen and oxygen atoms in total. The molecule has 76 heavy (non-hydrogen) atoms. The summed E-state index contributed by atoms with van der Waals surface area (Å²) in [5, 5.41) is 10.4. The predicted octanol–water partition coefficient (Wildman–Crippen LogP) is 15.3. The molecule has 0 fully saturated rings. The van der Waals surface area contributed by atoms with Crippen molar-refractivity contribution in [3.63, 3.8) is 0 Å². The van der Waals surface area contributed by atoms with E-state index < -0.39 is 13.5 Å². The fraction of sp³-hybridized carbons (Fsp3) is 0.0137. The van der Waals surface area contributed by atoms with E-state index >= 15 is 0 Å². The molecule has 2 aromatic heterocycles. The average molecular weight is 983 g/mol. The lowest BCUT2D eigenvalue weighted by Gasteiger charge is -2.34. The minimum Gasteiger partial charge on any atom is -0.309 e. The van der Waals surface area contributed by atoms with E-state index in [9.17, 15) is 0 Å². The Bertz CT molecular complexity index is 4350. The molecule has 0 unspecified atom stereocenters. The van der Waals surface area contributed by atoms with Crippen molar-refractivity contribution in [2.75, 3.05) is 0 Å². The number of benzene rings is 12. The van der Waals surface area contributed by atoms with Crippen molar-refractivity contribution in [3.05, 3.63) is 326 Å². The van der Waals surface area contributed by atoms with E-state index in [1.165, 1.54) is 109 Å². The van der Waals surface area contributed by atoms with Crippen LogP contribution in [0.3, 0.4) is 0 Å². The van der Waals surface area contributed by atoms with Crippen LogP contribution in [0.15, 0.2) is 303 Å². The molecule has 1 aliphatic rings. The first-order valence-corrected chi connectivity index (χ1v) is 28.4. The SMILES string of the molecule is c1ccc(C2(c3ccccc3)c3ccccc3-c3c(-c4ccc5c6ccccc6n(-c6cccc7c6c6ccccc6n7-c6ccc([Si](c7ccccc7)(c7ccccc7)c7ccccc7)cc6)c5c4)cccc32)cc1. The molecule has 0 saturated heterocycles. The Hall–Kier alpha value is -9.54. The number of rotatable bonds is 9. The monoisotopic (exact) mass is 982 g/mol. The highest BCUT2D eigenvalue weighted by Crippen LogP contribution is 2.58. The van der Waals surface area contributed by atoms with Gasteiger partial charge in [0.15, 0.2) is 8.07 Å². The molecule has 0 spiro atoms. The highest BCUT2D eigenvalue weighted by atomic mass is 28.3. The third-order valence-corrected chi connectivity index (χ3v) is 21.4. The molecule has 0 aliphatic heterocycles. The third kappa shape index (κ3) is 6.33. The molecule has 3 heteroatoms. The molecule has 2 heterocycles. The van der Waals surface area contributed by atoms with Crippen molar-refractivity contribution in [2.24, 2.45) is 0 Å². The Kier molecular flexibility index (Phi) is 10.2. The second-order valence-corrected chi connectivity index (χ2v) is 24.1. The van der Waals surface area contributed by atoms with Gasteiger partial charge in [-0.25, -0.2) is 0 Å². The zero-order valence-electron chi connectivity index (χ0n) is 41.8. The first kappa shape index (κ1) is 44.0. The number of fused-ring (bicyclic) bond motifs is 9. The summed E-state index contributed by atoms with van der Waals surface area (Å²) in [6.45, 7) is 0. The van der Waals surface area contributed by atoms with Gasteiger partial charge in [0.25, 0.3) is 0 Å². The van der Waals surface area contributed by atoms with Gasteiger partial charge in [-0.1, -0.05) is 261 Å². The summed E-state index contributed by atoms with van der Waals surface area (Å²) in [4.78, 5) is 0. The molecule has 0 amide bonds. The highest BCUT2D eigenvalue weighted by Gasteiger charge is 2.47. The molecule has 14 aromatic rings. The van der Waals surface area contributed by atoms with Gasteiger partial charge in [0.05, 0.1) is 33.2 Å². The minimum absolute atomic E-state index is 0.482. The lowest BCUT2D eigenvalue weighted by Crippen LogP contribution is -2.74.